The highest BCUT2D eigenvalue weighted by molar-refractivity contribution is 8.00. The van der Waals surface area contributed by atoms with Gasteiger partial charge >= 0.3 is 0 Å². The standard InChI is InChI=1S/C15H20ClNO2S/c1-10(20-12-8-6-11(16)7-9-12)15(19)17-13-4-2-3-5-14(13)18/h6-10,13-14,18H,2-5H2,1H3,(H,17,19). The molecule has 2 N–H and O–H groups in total. The van der Waals surface area contributed by atoms with Gasteiger partial charge in [0.2, 0.25) is 5.91 Å². The fourth-order valence-corrected chi connectivity index (χ4v) is 3.35. The zero-order valence-corrected chi connectivity index (χ0v) is 13.1. The van der Waals surface area contributed by atoms with Crippen LogP contribution in [-0.2, 0) is 4.79 Å². The van der Waals surface area contributed by atoms with E-state index in [0.29, 0.717) is 5.02 Å². The maximum absolute atomic E-state index is 12.2. The van der Waals surface area contributed by atoms with Crippen molar-refractivity contribution < 1.29 is 9.90 Å². The van der Waals surface area contributed by atoms with Crippen LogP contribution in [0, 0.1) is 0 Å². The Balaban J connectivity index is 1.86. The van der Waals surface area contributed by atoms with Crippen molar-refractivity contribution >= 4 is 29.3 Å². The van der Waals surface area contributed by atoms with Gasteiger partial charge in [0.1, 0.15) is 0 Å². The average Bonchev–Trinajstić information content (AvgIpc) is 2.44. The number of thioether (sulfide) groups is 1. The molecular weight excluding hydrogens is 294 g/mol. The molecule has 20 heavy (non-hydrogen) atoms. The van der Waals surface area contributed by atoms with E-state index in [1.165, 1.54) is 11.8 Å². The van der Waals surface area contributed by atoms with Gasteiger partial charge in [0.25, 0.3) is 0 Å². The third-order valence-electron chi connectivity index (χ3n) is 3.55. The number of benzene rings is 1. The Hall–Kier alpha value is -0.710. The first kappa shape index (κ1) is 15.7. The van der Waals surface area contributed by atoms with Crippen molar-refractivity contribution in [1.82, 2.24) is 5.32 Å². The maximum atomic E-state index is 12.2. The molecule has 1 aliphatic rings. The summed E-state index contributed by atoms with van der Waals surface area (Å²) in [4.78, 5) is 13.2. The van der Waals surface area contributed by atoms with Crippen molar-refractivity contribution in [3.8, 4) is 0 Å². The molecule has 110 valence electrons. The van der Waals surface area contributed by atoms with Crippen LogP contribution in [-0.4, -0.2) is 28.4 Å². The van der Waals surface area contributed by atoms with Crippen molar-refractivity contribution in [2.24, 2.45) is 0 Å². The van der Waals surface area contributed by atoms with Gasteiger partial charge in [0, 0.05) is 9.92 Å². The summed E-state index contributed by atoms with van der Waals surface area (Å²) < 4.78 is 0. The highest BCUT2D eigenvalue weighted by Crippen LogP contribution is 2.25. The number of aliphatic hydroxyl groups is 1. The summed E-state index contributed by atoms with van der Waals surface area (Å²) in [6, 6.07) is 7.36. The predicted molar refractivity (Wildman–Crippen MR) is 83.2 cm³/mol. The van der Waals surface area contributed by atoms with Gasteiger partial charge in [0.15, 0.2) is 0 Å². The van der Waals surface area contributed by atoms with E-state index in [2.05, 4.69) is 5.32 Å². The van der Waals surface area contributed by atoms with Gasteiger partial charge in [-0.1, -0.05) is 24.4 Å². The number of hydrogen-bond acceptors (Lipinski definition) is 3. The molecule has 0 heterocycles. The van der Waals surface area contributed by atoms with Crippen LogP contribution in [0.2, 0.25) is 5.02 Å². The molecule has 1 aromatic rings. The van der Waals surface area contributed by atoms with Crippen LogP contribution in [0.3, 0.4) is 0 Å². The molecule has 0 bridgehead atoms. The topological polar surface area (TPSA) is 49.3 Å². The lowest BCUT2D eigenvalue weighted by molar-refractivity contribution is -0.122. The molecule has 0 spiro atoms. The minimum atomic E-state index is -0.402. The highest BCUT2D eigenvalue weighted by Gasteiger charge is 2.26. The van der Waals surface area contributed by atoms with Gasteiger partial charge in [0.05, 0.1) is 17.4 Å². The molecule has 3 atom stereocenters. The molecule has 0 radical (unpaired) electrons. The molecule has 5 heteroatoms. The first-order valence-electron chi connectivity index (χ1n) is 6.97. The molecule has 0 aromatic heterocycles. The SMILES string of the molecule is CC(Sc1ccc(Cl)cc1)C(=O)NC1CCCCC1O. The maximum Gasteiger partial charge on any atom is 0.233 e. The lowest BCUT2D eigenvalue weighted by atomic mass is 9.92. The Morgan fingerprint density at radius 3 is 2.65 bits per heavy atom. The number of aliphatic hydroxyl groups excluding tert-OH is 1. The van der Waals surface area contributed by atoms with Crippen LogP contribution in [0.15, 0.2) is 29.2 Å². The van der Waals surface area contributed by atoms with Gasteiger partial charge in [-0.15, -0.1) is 11.8 Å². The number of nitrogens with one attached hydrogen (secondary N) is 1. The molecule has 1 saturated carbocycles. The number of carbonyl (C=O) groups excluding carboxylic acids is 1. The van der Waals surface area contributed by atoms with E-state index < -0.39 is 6.10 Å². The van der Waals surface area contributed by atoms with Gasteiger partial charge in [-0.05, 0) is 44.0 Å². The van der Waals surface area contributed by atoms with Crippen LogP contribution in [0.1, 0.15) is 32.6 Å². The zero-order chi connectivity index (χ0) is 14.5. The molecule has 2 rings (SSSR count). The summed E-state index contributed by atoms with van der Waals surface area (Å²) >= 11 is 7.34. The summed E-state index contributed by atoms with van der Waals surface area (Å²) in [6.45, 7) is 1.88. The number of hydrogen-bond donors (Lipinski definition) is 2. The van der Waals surface area contributed by atoms with Gasteiger partial charge in [-0.3, -0.25) is 4.79 Å². The van der Waals surface area contributed by atoms with E-state index >= 15 is 0 Å². The lowest BCUT2D eigenvalue weighted by Gasteiger charge is -2.29. The third kappa shape index (κ3) is 4.40. The summed E-state index contributed by atoms with van der Waals surface area (Å²) in [7, 11) is 0. The Morgan fingerprint density at radius 2 is 2.00 bits per heavy atom. The number of rotatable bonds is 4. The van der Waals surface area contributed by atoms with Crippen molar-refractivity contribution in [1.29, 1.82) is 0 Å². The molecule has 1 fully saturated rings. The first-order chi connectivity index (χ1) is 9.56. The largest absolute Gasteiger partial charge is 0.391 e. The number of carbonyl (C=O) groups is 1. The van der Waals surface area contributed by atoms with Crippen molar-refractivity contribution in [3.05, 3.63) is 29.3 Å². The van der Waals surface area contributed by atoms with Crippen LogP contribution in [0.25, 0.3) is 0 Å². The van der Waals surface area contributed by atoms with E-state index in [4.69, 9.17) is 11.6 Å². The first-order valence-corrected chi connectivity index (χ1v) is 8.22. The number of halogens is 1. The van der Waals surface area contributed by atoms with Crippen LogP contribution in [0.4, 0.5) is 0 Å². The summed E-state index contributed by atoms with van der Waals surface area (Å²) in [5, 5.41) is 13.3. The highest BCUT2D eigenvalue weighted by atomic mass is 35.5. The van der Waals surface area contributed by atoms with Crippen molar-refractivity contribution in [2.45, 2.75) is 54.9 Å². The van der Waals surface area contributed by atoms with Crippen LogP contribution in [0.5, 0.6) is 0 Å². The second-order valence-electron chi connectivity index (χ2n) is 5.18. The van der Waals surface area contributed by atoms with E-state index in [-0.39, 0.29) is 17.2 Å². The summed E-state index contributed by atoms with van der Waals surface area (Å²) in [6.07, 6.45) is 3.36. The molecule has 1 amide bonds. The molecule has 0 aliphatic heterocycles. The second kappa shape index (κ2) is 7.34. The van der Waals surface area contributed by atoms with Crippen molar-refractivity contribution in [2.75, 3.05) is 0 Å². The molecule has 1 aliphatic carbocycles. The summed E-state index contributed by atoms with van der Waals surface area (Å²) in [5.41, 5.74) is 0. The van der Waals surface area contributed by atoms with Crippen LogP contribution < -0.4 is 5.32 Å². The zero-order valence-electron chi connectivity index (χ0n) is 11.5. The predicted octanol–water partition coefficient (Wildman–Crippen LogP) is 3.24. The summed E-state index contributed by atoms with van der Waals surface area (Å²) in [5.74, 6) is -0.0177. The fraction of sp³-hybridized carbons (Fsp3) is 0.533. The molecule has 1 aromatic carbocycles. The second-order valence-corrected chi connectivity index (χ2v) is 7.03. The molecule has 3 unspecified atom stereocenters. The Kier molecular flexibility index (Phi) is 5.75. The molecular formula is C15H20ClNO2S. The Labute approximate surface area is 129 Å². The molecule has 3 nitrogen and oxygen atoms in total. The minimum absolute atomic E-state index is 0.0177. The number of amides is 1. The van der Waals surface area contributed by atoms with Gasteiger partial charge in [-0.2, -0.15) is 0 Å². The normalized spacial score (nSPS) is 24.1. The molecule has 0 saturated heterocycles. The lowest BCUT2D eigenvalue weighted by Crippen LogP contribution is -2.47. The van der Waals surface area contributed by atoms with E-state index in [1.807, 2.05) is 31.2 Å². The smallest absolute Gasteiger partial charge is 0.233 e. The van der Waals surface area contributed by atoms with E-state index in [9.17, 15) is 9.90 Å². The third-order valence-corrected chi connectivity index (χ3v) is 4.92. The minimum Gasteiger partial charge on any atom is -0.391 e. The Morgan fingerprint density at radius 1 is 1.35 bits per heavy atom. The fourth-order valence-electron chi connectivity index (χ4n) is 2.35. The van der Waals surface area contributed by atoms with Gasteiger partial charge in [-0.25, -0.2) is 0 Å². The monoisotopic (exact) mass is 313 g/mol. The Bertz CT molecular complexity index is 452. The van der Waals surface area contributed by atoms with E-state index in [0.717, 1.165) is 30.6 Å². The quantitative estimate of drug-likeness (QED) is 0.839. The van der Waals surface area contributed by atoms with Crippen molar-refractivity contribution in [3.63, 3.8) is 0 Å². The average molecular weight is 314 g/mol. The van der Waals surface area contributed by atoms with E-state index in [1.54, 1.807) is 0 Å². The van der Waals surface area contributed by atoms with Crippen LogP contribution >= 0.6 is 23.4 Å². The van der Waals surface area contributed by atoms with Gasteiger partial charge < -0.3 is 10.4 Å².